The van der Waals surface area contributed by atoms with Gasteiger partial charge < -0.3 is 0 Å². The molecule has 0 aromatic carbocycles. The Balaban J connectivity index is 1.35. The molecule has 0 atom stereocenters. The van der Waals surface area contributed by atoms with Crippen LogP contribution in [0, 0.1) is 0 Å². The number of pyridine rings is 1. The van der Waals surface area contributed by atoms with E-state index in [9.17, 15) is 0 Å². The van der Waals surface area contributed by atoms with E-state index in [2.05, 4.69) is 37.1 Å². The molecule has 7 nitrogen and oxygen atoms in total. The van der Waals surface area contributed by atoms with Crippen LogP contribution in [0.3, 0.4) is 0 Å². The second-order valence-corrected chi connectivity index (χ2v) is 6.46. The van der Waals surface area contributed by atoms with Gasteiger partial charge in [0, 0.05) is 56.4 Å². The van der Waals surface area contributed by atoms with E-state index in [1.165, 1.54) is 11.9 Å². The Kier molecular flexibility index (Phi) is 3.64. The molecule has 0 fully saturated rings. The standard InChI is InChI=1S/C19H17N7/c1-2-5-26-17(3-1)7-16(24-26)12-25-6-4-18-15(11-25)10-22-19(23-18)14-8-20-13-21-9-14/h1-3,5,7-10,13H,4,6,11-12H2. The number of fused-ring (bicyclic) bond motifs is 2. The maximum atomic E-state index is 4.72. The molecule has 1 aliphatic rings. The number of nitrogens with zero attached hydrogens (tertiary/aromatic N) is 7. The largest absolute Gasteiger partial charge is 0.293 e. The van der Waals surface area contributed by atoms with Gasteiger partial charge in [0.05, 0.1) is 22.5 Å². The zero-order valence-corrected chi connectivity index (χ0v) is 14.2. The first-order valence-electron chi connectivity index (χ1n) is 8.61. The minimum atomic E-state index is 0.693. The molecule has 0 radical (unpaired) electrons. The van der Waals surface area contributed by atoms with Crippen molar-refractivity contribution in [2.75, 3.05) is 6.54 Å². The summed E-state index contributed by atoms with van der Waals surface area (Å²) in [4.78, 5) is 19.7. The number of aromatic nitrogens is 6. The highest BCUT2D eigenvalue weighted by molar-refractivity contribution is 5.52. The van der Waals surface area contributed by atoms with Crippen LogP contribution in [-0.4, -0.2) is 41.0 Å². The third kappa shape index (κ3) is 2.82. The molecule has 0 saturated carbocycles. The fraction of sp³-hybridized carbons (Fsp3) is 0.211. The summed E-state index contributed by atoms with van der Waals surface area (Å²) in [5, 5.41) is 4.65. The highest BCUT2D eigenvalue weighted by Gasteiger charge is 2.20. The molecule has 4 aromatic heterocycles. The van der Waals surface area contributed by atoms with Crippen molar-refractivity contribution in [3.63, 3.8) is 0 Å². The Morgan fingerprint density at radius 2 is 2.00 bits per heavy atom. The molecule has 128 valence electrons. The van der Waals surface area contributed by atoms with Crippen molar-refractivity contribution >= 4 is 5.52 Å². The normalized spacial score (nSPS) is 14.5. The molecular weight excluding hydrogens is 326 g/mol. The summed E-state index contributed by atoms with van der Waals surface area (Å²) in [6.07, 6.45) is 9.82. The second kappa shape index (κ2) is 6.27. The lowest BCUT2D eigenvalue weighted by atomic mass is 10.1. The Morgan fingerprint density at radius 1 is 1.08 bits per heavy atom. The minimum absolute atomic E-state index is 0.693. The van der Waals surface area contributed by atoms with Gasteiger partial charge >= 0.3 is 0 Å². The minimum Gasteiger partial charge on any atom is -0.293 e. The van der Waals surface area contributed by atoms with Crippen LogP contribution in [-0.2, 0) is 19.5 Å². The van der Waals surface area contributed by atoms with Gasteiger partial charge in [-0.2, -0.15) is 5.10 Å². The van der Waals surface area contributed by atoms with Crippen molar-refractivity contribution in [2.24, 2.45) is 0 Å². The Hall–Kier alpha value is -3.19. The van der Waals surface area contributed by atoms with Crippen LogP contribution < -0.4 is 0 Å². The van der Waals surface area contributed by atoms with Crippen molar-refractivity contribution < 1.29 is 0 Å². The molecule has 0 bridgehead atoms. The van der Waals surface area contributed by atoms with Crippen molar-refractivity contribution in [2.45, 2.75) is 19.5 Å². The summed E-state index contributed by atoms with van der Waals surface area (Å²) < 4.78 is 1.92. The average molecular weight is 343 g/mol. The summed E-state index contributed by atoms with van der Waals surface area (Å²) >= 11 is 0. The monoisotopic (exact) mass is 343 g/mol. The van der Waals surface area contributed by atoms with Crippen molar-refractivity contribution in [3.05, 3.63) is 72.3 Å². The SMILES string of the molecule is c1ccn2nc(CN3CCc4nc(-c5cncnc5)ncc4C3)cc2c1. The van der Waals surface area contributed by atoms with E-state index in [0.29, 0.717) is 5.82 Å². The van der Waals surface area contributed by atoms with E-state index < -0.39 is 0 Å². The van der Waals surface area contributed by atoms with Crippen LogP contribution in [0.4, 0.5) is 0 Å². The van der Waals surface area contributed by atoms with E-state index >= 15 is 0 Å². The highest BCUT2D eigenvalue weighted by Crippen LogP contribution is 2.21. The Bertz CT molecular complexity index is 1020. The van der Waals surface area contributed by atoms with Gasteiger partial charge in [-0.15, -0.1) is 0 Å². The van der Waals surface area contributed by atoms with Gasteiger partial charge in [0.15, 0.2) is 5.82 Å². The molecule has 7 heteroatoms. The summed E-state index contributed by atoms with van der Waals surface area (Å²) in [5.74, 6) is 0.693. The van der Waals surface area contributed by atoms with Crippen LogP contribution in [0.25, 0.3) is 16.9 Å². The molecule has 0 aliphatic carbocycles. The summed E-state index contributed by atoms with van der Waals surface area (Å²) in [6, 6.07) is 8.24. The molecule has 5 heterocycles. The predicted octanol–water partition coefficient (Wildman–Crippen LogP) is 2.14. The molecule has 26 heavy (non-hydrogen) atoms. The topological polar surface area (TPSA) is 72.1 Å². The van der Waals surface area contributed by atoms with Gasteiger partial charge in [-0.3, -0.25) is 4.90 Å². The number of rotatable bonds is 3. The molecular formula is C19H17N7. The van der Waals surface area contributed by atoms with E-state index in [1.54, 1.807) is 12.4 Å². The molecule has 0 spiro atoms. The Morgan fingerprint density at radius 3 is 2.88 bits per heavy atom. The first kappa shape index (κ1) is 15.1. The van der Waals surface area contributed by atoms with Gasteiger partial charge in [0.1, 0.15) is 6.33 Å². The van der Waals surface area contributed by atoms with Gasteiger partial charge in [-0.05, 0) is 18.2 Å². The van der Waals surface area contributed by atoms with Gasteiger partial charge in [0.2, 0.25) is 0 Å². The lowest BCUT2D eigenvalue weighted by Crippen LogP contribution is -2.31. The number of hydrogen-bond acceptors (Lipinski definition) is 6. The van der Waals surface area contributed by atoms with E-state index in [-0.39, 0.29) is 0 Å². The van der Waals surface area contributed by atoms with Crippen molar-refractivity contribution in [3.8, 4) is 11.4 Å². The van der Waals surface area contributed by atoms with Crippen LogP contribution in [0.1, 0.15) is 17.0 Å². The quantitative estimate of drug-likeness (QED) is 0.567. The van der Waals surface area contributed by atoms with Crippen LogP contribution >= 0.6 is 0 Å². The molecule has 0 saturated heterocycles. The maximum absolute atomic E-state index is 4.72. The zero-order valence-electron chi connectivity index (χ0n) is 14.2. The number of hydrogen-bond donors (Lipinski definition) is 0. The first-order valence-corrected chi connectivity index (χ1v) is 8.61. The van der Waals surface area contributed by atoms with Crippen molar-refractivity contribution in [1.29, 1.82) is 0 Å². The molecule has 0 amide bonds. The van der Waals surface area contributed by atoms with E-state index in [4.69, 9.17) is 4.98 Å². The fourth-order valence-corrected chi connectivity index (χ4v) is 3.36. The average Bonchev–Trinajstić information content (AvgIpc) is 3.10. The summed E-state index contributed by atoms with van der Waals surface area (Å²) in [6.45, 7) is 2.63. The molecule has 5 rings (SSSR count). The molecule has 4 aromatic rings. The van der Waals surface area contributed by atoms with E-state index in [0.717, 1.165) is 48.5 Å². The maximum Gasteiger partial charge on any atom is 0.162 e. The van der Waals surface area contributed by atoms with Crippen LogP contribution in [0.15, 0.2) is 55.4 Å². The molecule has 0 unspecified atom stereocenters. The van der Waals surface area contributed by atoms with Gasteiger partial charge in [-0.25, -0.2) is 24.5 Å². The smallest absolute Gasteiger partial charge is 0.162 e. The molecule has 0 N–H and O–H groups in total. The fourth-order valence-electron chi connectivity index (χ4n) is 3.36. The molecule has 1 aliphatic heterocycles. The van der Waals surface area contributed by atoms with Crippen molar-refractivity contribution in [1.82, 2.24) is 34.4 Å². The lowest BCUT2D eigenvalue weighted by molar-refractivity contribution is 0.240. The van der Waals surface area contributed by atoms with Gasteiger partial charge in [-0.1, -0.05) is 6.07 Å². The zero-order chi connectivity index (χ0) is 17.3. The second-order valence-electron chi connectivity index (χ2n) is 6.46. The lowest BCUT2D eigenvalue weighted by Gasteiger charge is -2.27. The Labute approximate surface area is 150 Å². The first-order chi connectivity index (χ1) is 12.8. The highest BCUT2D eigenvalue weighted by atomic mass is 15.2. The van der Waals surface area contributed by atoms with Crippen LogP contribution in [0.2, 0.25) is 0 Å². The van der Waals surface area contributed by atoms with Gasteiger partial charge in [0.25, 0.3) is 0 Å². The summed E-state index contributed by atoms with van der Waals surface area (Å²) in [5.41, 5.74) is 5.35. The third-order valence-corrected chi connectivity index (χ3v) is 4.64. The van der Waals surface area contributed by atoms with E-state index in [1.807, 2.05) is 29.0 Å². The third-order valence-electron chi connectivity index (χ3n) is 4.64. The van der Waals surface area contributed by atoms with Crippen LogP contribution in [0.5, 0.6) is 0 Å². The summed E-state index contributed by atoms with van der Waals surface area (Å²) in [7, 11) is 0. The predicted molar refractivity (Wildman–Crippen MR) is 96.1 cm³/mol.